The van der Waals surface area contributed by atoms with Crippen LogP contribution >= 0.6 is 0 Å². The zero-order chi connectivity index (χ0) is 19.6. The van der Waals surface area contributed by atoms with Crippen LogP contribution in [0.25, 0.3) is 0 Å². The fourth-order valence-corrected chi connectivity index (χ4v) is 2.54. The van der Waals surface area contributed by atoms with Crippen LogP contribution in [0.3, 0.4) is 0 Å². The van der Waals surface area contributed by atoms with E-state index in [1.807, 2.05) is 0 Å². The molecule has 1 aliphatic rings. The fourth-order valence-electron chi connectivity index (χ4n) is 2.54. The van der Waals surface area contributed by atoms with Crippen LogP contribution in [0.5, 0.6) is 11.5 Å². The molecule has 1 aliphatic heterocycles. The van der Waals surface area contributed by atoms with Crippen LogP contribution < -0.4 is 14.4 Å². The molecule has 2 aromatic carbocycles. The van der Waals surface area contributed by atoms with Crippen LogP contribution in [-0.4, -0.2) is 44.2 Å². The lowest BCUT2D eigenvalue weighted by molar-refractivity contribution is -0.384. The number of Topliss-reactive ketones (excluding diaryl/α,β-unsaturated/α-hetero) is 1. The van der Waals surface area contributed by atoms with Crippen molar-refractivity contribution in [2.24, 2.45) is 0 Å². The van der Waals surface area contributed by atoms with Crippen molar-refractivity contribution >= 4 is 23.1 Å². The first kappa shape index (κ1) is 18.2. The first-order valence-corrected chi connectivity index (χ1v) is 7.92. The zero-order valence-electron chi connectivity index (χ0n) is 14.6. The van der Waals surface area contributed by atoms with E-state index in [4.69, 9.17) is 14.2 Å². The van der Waals surface area contributed by atoms with Gasteiger partial charge in [0.15, 0.2) is 23.9 Å². The summed E-state index contributed by atoms with van der Waals surface area (Å²) >= 11 is 0. The average Bonchev–Trinajstić information content (AvgIpc) is 3.12. The highest BCUT2D eigenvalue weighted by Gasteiger charge is 2.21. The molecule has 0 fully saturated rings. The molecule has 140 valence electrons. The molecule has 0 aliphatic carbocycles. The van der Waals surface area contributed by atoms with Gasteiger partial charge >= 0.3 is 5.97 Å². The second-order valence-electron chi connectivity index (χ2n) is 5.92. The Labute approximate surface area is 154 Å². The van der Waals surface area contributed by atoms with Crippen LogP contribution in [0.1, 0.15) is 20.7 Å². The Bertz CT molecular complexity index is 924. The molecule has 0 amide bonds. The van der Waals surface area contributed by atoms with Gasteiger partial charge in [-0.2, -0.15) is 0 Å². The van der Waals surface area contributed by atoms with E-state index >= 15 is 0 Å². The normalized spacial score (nSPS) is 11.8. The van der Waals surface area contributed by atoms with Gasteiger partial charge in [-0.3, -0.25) is 14.9 Å². The molecule has 0 saturated heterocycles. The number of rotatable bonds is 6. The molecule has 9 nitrogen and oxygen atoms in total. The Morgan fingerprint density at radius 3 is 2.52 bits per heavy atom. The SMILES string of the molecule is CN(C)c1ccc(C(=O)OCC(=O)c2ccc3c(c2)OCO3)cc1[N+](=O)[O-]. The van der Waals surface area contributed by atoms with Gasteiger partial charge in [-0.1, -0.05) is 0 Å². The van der Waals surface area contributed by atoms with Crippen molar-refractivity contribution in [3.8, 4) is 11.5 Å². The molecule has 1 heterocycles. The summed E-state index contributed by atoms with van der Waals surface area (Å²) < 4.78 is 15.4. The zero-order valence-corrected chi connectivity index (χ0v) is 14.6. The minimum absolute atomic E-state index is 0.00853. The van der Waals surface area contributed by atoms with Gasteiger partial charge in [-0.15, -0.1) is 0 Å². The van der Waals surface area contributed by atoms with Gasteiger partial charge in [0.05, 0.1) is 10.5 Å². The van der Waals surface area contributed by atoms with E-state index in [1.54, 1.807) is 31.1 Å². The fraction of sp³-hybridized carbons (Fsp3) is 0.222. The molecule has 2 aromatic rings. The van der Waals surface area contributed by atoms with Crippen molar-refractivity contribution in [1.29, 1.82) is 0 Å². The van der Waals surface area contributed by atoms with Crippen LogP contribution in [0.4, 0.5) is 11.4 Å². The summed E-state index contributed by atoms with van der Waals surface area (Å²) in [7, 11) is 3.31. The number of hydrogen-bond acceptors (Lipinski definition) is 8. The molecular weight excluding hydrogens is 356 g/mol. The largest absolute Gasteiger partial charge is 0.454 e. The monoisotopic (exact) mass is 372 g/mol. The quantitative estimate of drug-likeness (QED) is 0.329. The Morgan fingerprint density at radius 1 is 1.11 bits per heavy atom. The summed E-state index contributed by atoms with van der Waals surface area (Å²) in [6, 6.07) is 8.64. The van der Waals surface area contributed by atoms with Gasteiger partial charge in [0.1, 0.15) is 5.69 Å². The topological polar surface area (TPSA) is 108 Å². The first-order valence-electron chi connectivity index (χ1n) is 7.92. The smallest absolute Gasteiger partial charge is 0.338 e. The Balaban J connectivity index is 1.69. The standard InChI is InChI=1S/C18H16N2O7/c1-19(2)13-5-3-12(7-14(13)20(23)24)18(22)25-9-15(21)11-4-6-16-17(8-11)27-10-26-16/h3-8H,9-10H2,1-2H3. The molecule has 0 aromatic heterocycles. The highest BCUT2D eigenvalue weighted by molar-refractivity contribution is 6.00. The van der Waals surface area contributed by atoms with Gasteiger partial charge in [-0.25, -0.2) is 4.79 Å². The highest BCUT2D eigenvalue weighted by atomic mass is 16.7. The lowest BCUT2D eigenvalue weighted by atomic mass is 10.1. The van der Waals surface area contributed by atoms with E-state index in [9.17, 15) is 19.7 Å². The molecular formula is C18H16N2O7. The summed E-state index contributed by atoms with van der Waals surface area (Å²) in [4.78, 5) is 36.6. The van der Waals surface area contributed by atoms with E-state index in [2.05, 4.69) is 0 Å². The number of carbonyl (C=O) groups is 2. The van der Waals surface area contributed by atoms with Crippen molar-refractivity contribution in [3.63, 3.8) is 0 Å². The van der Waals surface area contributed by atoms with Gasteiger partial charge in [-0.05, 0) is 30.3 Å². The van der Waals surface area contributed by atoms with E-state index in [-0.39, 0.29) is 18.0 Å². The number of nitro benzene ring substituents is 1. The van der Waals surface area contributed by atoms with Gasteiger partial charge in [0.2, 0.25) is 6.79 Å². The third kappa shape index (κ3) is 3.81. The van der Waals surface area contributed by atoms with Crippen molar-refractivity contribution in [2.45, 2.75) is 0 Å². The maximum atomic E-state index is 12.2. The Morgan fingerprint density at radius 2 is 1.81 bits per heavy atom. The summed E-state index contributed by atoms with van der Waals surface area (Å²) in [5.74, 6) is -0.266. The number of fused-ring (bicyclic) bond motifs is 1. The maximum absolute atomic E-state index is 12.2. The number of nitro groups is 1. The number of carbonyl (C=O) groups excluding carboxylic acids is 2. The number of esters is 1. The molecule has 27 heavy (non-hydrogen) atoms. The number of ketones is 1. The first-order chi connectivity index (χ1) is 12.9. The Hall–Kier alpha value is -3.62. The second-order valence-corrected chi connectivity index (χ2v) is 5.92. The molecule has 0 unspecified atom stereocenters. The number of ether oxygens (including phenoxy) is 3. The number of benzene rings is 2. The van der Waals surface area contributed by atoms with Crippen molar-refractivity contribution < 1.29 is 28.7 Å². The van der Waals surface area contributed by atoms with Gasteiger partial charge in [0.25, 0.3) is 5.69 Å². The molecule has 0 atom stereocenters. The summed E-state index contributed by atoms with van der Waals surface area (Å²) in [6.45, 7) is -0.411. The van der Waals surface area contributed by atoms with E-state index in [1.165, 1.54) is 18.2 Å². The average molecular weight is 372 g/mol. The summed E-state index contributed by atoms with van der Waals surface area (Å²) in [5, 5.41) is 11.2. The highest BCUT2D eigenvalue weighted by Crippen LogP contribution is 2.32. The molecule has 0 bridgehead atoms. The molecule has 0 saturated carbocycles. The van der Waals surface area contributed by atoms with E-state index in [0.29, 0.717) is 22.7 Å². The second kappa shape index (κ2) is 7.32. The summed E-state index contributed by atoms with van der Waals surface area (Å²) in [6.07, 6.45) is 0. The van der Waals surface area contributed by atoms with Crippen molar-refractivity contribution in [3.05, 3.63) is 57.6 Å². The minimum Gasteiger partial charge on any atom is -0.454 e. The van der Waals surface area contributed by atoms with Crippen LogP contribution in [0.2, 0.25) is 0 Å². The lowest BCUT2D eigenvalue weighted by Crippen LogP contribution is -2.15. The molecule has 9 heteroatoms. The minimum atomic E-state index is -0.822. The van der Waals surface area contributed by atoms with Crippen LogP contribution in [0.15, 0.2) is 36.4 Å². The van der Waals surface area contributed by atoms with Crippen molar-refractivity contribution in [1.82, 2.24) is 0 Å². The van der Waals surface area contributed by atoms with Gasteiger partial charge in [0, 0.05) is 25.7 Å². The lowest BCUT2D eigenvalue weighted by Gasteiger charge is -2.13. The van der Waals surface area contributed by atoms with Crippen LogP contribution in [0, 0.1) is 10.1 Å². The maximum Gasteiger partial charge on any atom is 0.338 e. The Kier molecular flexibility index (Phi) is 4.93. The number of nitrogens with zero attached hydrogens (tertiary/aromatic N) is 2. The van der Waals surface area contributed by atoms with Crippen molar-refractivity contribution in [2.75, 3.05) is 32.4 Å². The number of anilines is 1. The molecule has 3 rings (SSSR count). The molecule has 0 spiro atoms. The third-order valence-corrected chi connectivity index (χ3v) is 3.92. The molecule has 0 radical (unpaired) electrons. The predicted octanol–water partition coefficient (Wildman–Crippen LogP) is 2.43. The number of hydrogen-bond donors (Lipinski definition) is 0. The predicted molar refractivity (Wildman–Crippen MR) is 94.6 cm³/mol. The molecule has 0 N–H and O–H groups in total. The van der Waals surface area contributed by atoms with E-state index < -0.39 is 23.3 Å². The summed E-state index contributed by atoms with van der Waals surface area (Å²) in [5.41, 5.74) is 0.427. The van der Waals surface area contributed by atoms with Gasteiger partial charge < -0.3 is 19.1 Å². The van der Waals surface area contributed by atoms with E-state index in [0.717, 1.165) is 6.07 Å². The third-order valence-electron chi connectivity index (χ3n) is 3.92. The van der Waals surface area contributed by atoms with Crippen LogP contribution in [-0.2, 0) is 4.74 Å².